The van der Waals surface area contributed by atoms with E-state index in [1.54, 1.807) is 11.8 Å². The van der Waals surface area contributed by atoms with Crippen LogP contribution >= 0.6 is 11.8 Å². The van der Waals surface area contributed by atoms with Gasteiger partial charge in [-0.3, -0.25) is 11.3 Å². The maximum absolute atomic E-state index is 12.4. The summed E-state index contributed by atoms with van der Waals surface area (Å²) in [5.41, 5.74) is 2.92. The molecule has 1 aromatic rings. The molecule has 6 heteroatoms. The van der Waals surface area contributed by atoms with Gasteiger partial charge in [-0.25, -0.2) is 0 Å². The van der Waals surface area contributed by atoms with Gasteiger partial charge in [0.05, 0.1) is 5.56 Å². The maximum Gasteiger partial charge on any atom is 0.416 e. The molecule has 0 aliphatic carbocycles. The topological polar surface area (TPSA) is 38.0 Å². The van der Waals surface area contributed by atoms with Gasteiger partial charge < -0.3 is 0 Å². The van der Waals surface area contributed by atoms with Crippen LogP contribution in [0.25, 0.3) is 0 Å². The lowest BCUT2D eigenvalue weighted by atomic mass is 10.1. The van der Waals surface area contributed by atoms with Crippen LogP contribution in [0, 0.1) is 0 Å². The van der Waals surface area contributed by atoms with E-state index in [0.29, 0.717) is 6.42 Å². The highest BCUT2D eigenvalue weighted by Crippen LogP contribution is 2.29. The Kier molecular flexibility index (Phi) is 5.98. The zero-order chi connectivity index (χ0) is 13.6. The van der Waals surface area contributed by atoms with Crippen molar-refractivity contribution >= 4 is 11.8 Å². The number of nitrogens with two attached hydrogens (primary N) is 1. The Balaban J connectivity index is 2.62. The van der Waals surface area contributed by atoms with E-state index in [4.69, 9.17) is 5.84 Å². The average Bonchev–Trinajstić information content (AvgIpc) is 2.34. The number of hydrazine groups is 1. The van der Waals surface area contributed by atoms with Crippen LogP contribution in [0.15, 0.2) is 24.3 Å². The number of alkyl halides is 3. The van der Waals surface area contributed by atoms with Gasteiger partial charge in [0.15, 0.2) is 0 Å². The van der Waals surface area contributed by atoms with Crippen molar-refractivity contribution in [1.82, 2.24) is 5.43 Å². The molecule has 0 fully saturated rings. The molecule has 0 heterocycles. The summed E-state index contributed by atoms with van der Waals surface area (Å²) in [6.07, 6.45) is -3.65. The summed E-state index contributed by atoms with van der Waals surface area (Å²) in [5.74, 6) is 7.25. The van der Waals surface area contributed by atoms with Crippen molar-refractivity contribution in [2.75, 3.05) is 11.5 Å². The fourth-order valence-corrected chi connectivity index (χ4v) is 2.27. The minimum absolute atomic E-state index is 0.0756. The molecule has 1 unspecified atom stereocenters. The molecule has 0 saturated carbocycles. The lowest BCUT2D eigenvalue weighted by molar-refractivity contribution is -0.137. The first-order valence-corrected chi connectivity index (χ1v) is 6.82. The number of benzene rings is 1. The zero-order valence-corrected chi connectivity index (χ0v) is 10.9. The highest BCUT2D eigenvalue weighted by molar-refractivity contribution is 7.99. The normalized spacial score (nSPS) is 13.6. The Hall–Kier alpha value is -0.720. The van der Waals surface area contributed by atoms with Crippen molar-refractivity contribution in [3.63, 3.8) is 0 Å². The van der Waals surface area contributed by atoms with Crippen molar-refractivity contribution in [3.8, 4) is 0 Å². The molecule has 0 radical (unpaired) electrons. The summed E-state index contributed by atoms with van der Waals surface area (Å²) in [6, 6.07) is 5.30. The van der Waals surface area contributed by atoms with Crippen LogP contribution in [-0.4, -0.2) is 17.5 Å². The van der Waals surface area contributed by atoms with Crippen LogP contribution in [0.3, 0.4) is 0 Å². The predicted molar refractivity (Wildman–Crippen MR) is 69.3 cm³/mol. The Morgan fingerprint density at radius 2 is 1.89 bits per heavy atom. The monoisotopic (exact) mass is 278 g/mol. The molecule has 1 atom stereocenters. The minimum Gasteiger partial charge on any atom is -0.271 e. The van der Waals surface area contributed by atoms with Crippen molar-refractivity contribution in [2.24, 2.45) is 5.84 Å². The quantitative estimate of drug-likeness (QED) is 0.621. The first-order valence-electron chi connectivity index (χ1n) is 5.67. The van der Waals surface area contributed by atoms with E-state index in [0.717, 1.165) is 29.2 Å². The van der Waals surface area contributed by atoms with Gasteiger partial charge in [0.2, 0.25) is 0 Å². The van der Waals surface area contributed by atoms with Crippen LogP contribution in [-0.2, 0) is 12.6 Å². The third-order valence-corrected chi connectivity index (χ3v) is 3.57. The van der Waals surface area contributed by atoms with Crippen LogP contribution < -0.4 is 11.3 Å². The Labute approximate surface area is 109 Å². The Morgan fingerprint density at radius 3 is 2.33 bits per heavy atom. The summed E-state index contributed by atoms with van der Waals surface area (Å²) in [7, 11) is 0. The molecule has 1 aromatic carbocycles. The van der Waals surface area contributed by atoms with E-state index in [-0.39, 0.29) is 6.04 Å². The lowest BCUT2D eigenvalue weighted by Gasteiger charge is -2.15. The molecule has 2 nitrogen and oxygen atoms in total. The van der Waals surface area contributed by atoms with E-state index in [9.17, 15) is 13.2 Å². The highest BCUT2D eigenvalue weighted by Gasteiger charge is 2.29. The summed E-state index contributed by atoms with van der Waals surface area (Å²) in [6.45, 7) is 2.05. The van der Waals surface area contributed by atoms with Crippen molar-refractivity contribution < 1.29 is 13.2 Å². The van der Waals surface area contributed by atoms with E-state index >= 15 is 0 Å². The Bertz CT molecular complexity index is 351. The number of thioether (sulfide) groups is 1. The molecular formula is C12H17F3N2S. The summed E-state index contributed by atoms with van der Waals surface area (Å²) < 4.78 is 37.1. The van der Waals surface area contributed by atoms with E-state index in [1.807, 2.05) is 0 Å². The molecule has 0 amide bonds. The van der Waals surface area contributed by atoms with Gasteiger partial charge in [-0.1, -0.05) is 19.1 Å². The maximum atomic E-state index is 12.4. The van der Waals surface area contributed by atoms with E-state index in [2.05, 4.69) is 12.3 Å². The van der Waals surface area contributed by atoms with Gasteiger partial charge >= 0.3 is 6.18 Å². The zero-order valence-electron chi connectivity index (χ0n) is 10.1. The largest absolute Gasteiger partial charge is 0.416 e. The van der Waals surface area contributed by atoms with Crippen LogP contribution in [0.1, 0.15) is 18.1 Å². The fraction of sp³-hybridized carbons (Fsp3) is 0.500. The molecule has 3 N–H and O–H groups in total. The molecule has 0 aliphatic rings. The van der Waals surface area contributed by atoms with Crippen LogP contribution in [0.5, 0.6) is 0 Å². The van der Waals surface area contributed by atoms with Crippen molar-refractivity contribution in [1.29, 1.82) is 0 Å². The Morgan fingerprint density at radius 1 is 1.28 bits per heavy atom. The first kappa shape index (κ1) is 15.3. The third-order valence-electron chi connectivity index (χ3n) is 2.52. The first-order chi connectivity index (χ1) is 8.47. The van der Waals surface area contributed by atoms with E-state index in [1.165, 1.54) is 12.1 Å². The van der Waals surface area contributed by atoms with Gasteiger partial charge in [0.1, 0.15) is 0 Å². The SMILES string of the molecule is CCSCC(Cc1ccc(C(F)(F)F)cc1)NN. The molecule has 18 heavy (non-hydrogen) atoms. The standard InChI is InChI=1S/C12H17F3N2S/c1-2-18-8-11(17-16)7-9-3-5-10(6-4-9)12(13,14)15/h3-6,11,17H,2,7-8,16H2,1H3. The van der Waals surface area contributed by atoms with Crippen molar-refractivity contribution in [2.45, 2.75) is 25.6 Å². The number of hydrogen-bond acceptors (Lipinski definition) is 3. The second-order valence-electron chi connectivity index (χ2n) is 3.92. The summed E-state index contributed by atoms with van der Waals surface area (Å²) in [5, 5.41) is 0. The lowest BCUT2D eigenvalue weighted by Crippen LogP contribution is -2.38. The van der Waals surface area contributed by atoms with Gasteiger partial charge in [0.25, 0.3) is 0 Å². The van der Waals surface area contributed by atoms with Gasteiger partial charge in [-0.15, -0.1) is 0 Å². The second-order valence-corrected chi connectivity index (χ2v) is 5.24. The average molecular weight is 278 g/mol. The molecule has 1 rings (SSSR count). The van der Waals surface area contributed by atoms with Gasteiger partial charge in [-0.2, -0.15) is 24.9 Å². The van der Waals surface area contributed by atoms with Crippen LogP contribution in [0.2, 0.25) is 0 Å². The summed E-state index contributed by atoms with van der Waals surface area (Å²) in [4.78, 5) is 0. The highest BCUT2D eigenvalue weighted by atomic mass is 32.2. The predicted octanol–water partition coefficient (Wildman–Crippen LogP) is 2.83. The van der Waals surface area contributed by atoms with Crippen molar-refractivity contribution in [3.05, 3.63) is 35.4 Å². The number of halogens is 3. The van der Waals surface area contributed by atoms with Gasteiger partial charge in [-0.05, 0) is 29.9 Å². The molecule has 0 aliphatic heterocycles. The molecule has 0 aromatic heterocycles. The van der Waals surface area contributed by atoms with Crippen LogP contribution in [0.4, 0.5) is 13.2 Å². The fourth-order valence-electron chi connectivity index (χ4n) is 1.54. The van der Waals surface area contributed by atoms with E-state index < -0.39 is 11.7 Å². The third kappa shape index (κ3) is 4.88. The number of hydrogen-bond donors (Lipinski definition) is 2. The molecule has 0 spiro atoms. The number of nitrogens with one attached hydrogen (secondary N) is 1. The minimum atomic E-state index is -4.28. The molecule has 0 saturated heterocycles. The molecular weight excluding hydrogens is 261 g/mol. The number of rotatable bonds is 6. The van der Waals surface area contributed by atoms with Gasteiger partial charge in [0, 0.05) is 11.8 Å². The molecule has 102 valence electrons. The summed E-state index contributed by atoms with van der Waals surface area (Å²) >= 11 is 1.74. The second kappa shape index (κ2) is 7.01. The molecule has 0 bridgehead atoms. The smallest absolute Gasteiger partial charge is 0.271 e.